The first-order valence-electron chi connectivity index (χ1n) is 9.13. The molecule has 3 heterocycles. The molecule has 4 rings (SSSR count). The number of thiophene rings is 1. The Morgan fingerprint density at radius 1 is 1.04 bits per heavy atom. The molecule has 3 aromatic rings. The van der Waals surface area contributed by atoms with Gasteiger partial charge in [0.1, 0.15) is 10.6 Å². The Labute approximate surface area is 167 Å². The van der Waals surface area contributed by atoms with Crippen molar-refractivity contribution in [3.05, 3.63) is 46.5 Å². The molecule has 7 nitrogen and oxygen atoms in total. The number of carbonyl (C=O) groups is 2. The first-order valence-corrected chi connectivity index (χ1v) is 9.95. The lowest BCUT2D eigenvalue weighted by Crippen LogP contribution is -2.50. The molecule has 2 aromatic heterocycles. The van der Waals surface area contributed by atoms with E-state index in [9.17, 15) is 9.59 Å². The van der Waals surface area contributed by atoms with Crippen LogP contribution in [-0.2, 0) is 7.05 Å². The largest absolute Gasteiger partial charge is 0.497 e. The fourth-order valence-electron chi connectivity index (χ4n) is 3.50. The molecule has 0 spiro atoms. The number of hydrogen-bond donors (Lipinski definition) is 0. The van der Waals surface area contributed by atoms with E-state index in [1.165, 1.54) is 11.3 Å². The molecule has 146 valence electrons. The van der Waals surface area contributed by atoms with Crippen molar-refractivity contribution in [2.45, 2.75) is 6.92 Å². The van der Waals surface area contributed by atoms with E-state index >= 15 is 0 Å². The van der Waals surface area contributed by atoms with Gasteiger partial charge in [-0.15, -0.1) is 11.3 Å². The Morgan fingerprint density at radius 2 is 1.64 bits per heavy atom. The number of piperazine rings is 1. The molecular weight excluding hydrogens is 376 g/mol. The fourth-order valence-corrected chi connectivity index (χ4v) is 4.59. The summed E-state index contributed by atoms with van der Waals surface area (Å²) in [5.74, 6) is 0.733. The monoisotopic (exact) mass is 398 g/mol. The van der Waals surface area contributed by atoms with Crippen molar-refractivity contribution in [2.75, 3.05) is 33.3 Å². The summed E-state index contributed by atoms with van der Waals surface area (Å²) in [6, 6.07) is 9.04. The van der Waals surface area contributed by atoms with Crippen LogP contribution in [0.1, 0.15) is 25.7 Å². The molecule has 0 N–H and O–H groups in total. The molecular formula is C20H22N4O3S. The minimum absolute atomic E-state index is 0.0155. The summed E-state index contributed by atoms with van der Waals surface area (Å²) in [4.78, 5) is 30.9. The Hall–Kier alpha value is -2.87. The van der Waals surface area contributed by atoms with Gasteiger partial charge in [-0.3, -0.25) is 14.3 Å². The van der Waals surface area contributed by atoms with Gasteiger partial charge in [-0.05, 0) is 37.3 Å². The molecule has 0 atom stereocenters. The summed E-state index contributed by atoms with van der Waals surface area (Å²) in [6.45, 7) is 4.08. The molecule has 0 aliphatic carbocycles. The maximum atomic E-state index is 12.9. The fraction of sp³-hybridized carbons (Fsp3) is 0.350. The summed E-state index contributed by atoms with van der Waals surface area (Å²) < 4.78 is 6.95. The van der Waals surface area contributed by atoms with Gasteiger partial charge in [0.05, 0.1) is 17.7 Å². The second kappa shape index (κ2) is 7.27. The highest BCUT2D eigenvalue weighted by molar-refractivity contribution is 7.20. The van der Waals surface area contributed by atoms with Gasteiger partial charge in [-0.1, -0.05) is 0 Å². The van der Waals surface area contributed by atoms with E-state index in [2.05, 4.69) is 5.10 Å². The highest BCUT2D eigenvalue weighted by Crippen LogP contribution is 2.28. The third-order valence-corrected chi connectivity index (χ3v) is 6.29. The predicted molar refractivity (Wildman–Crippen MR) is 108 cm³/mol. The lowest BCUT2D eigenvalue weighted by molar-refractivity contribution is 0.0538. The number of ether oxygens (including phenoxy) is 1. The zero-order valence-electron chi connectivity index (χ0n) is 16.1. The molecule has 1 aromatic carbocycles. The van der Waals surface area contributed by atoms with Gasteiger partial charge in [0.25, 0.3) is 11.8 Å². The van der Waals surface area contributed by atoms with Crippen molar-refractivity contribution in [2.24, 2.45) is 7.05 Å². The van der Waals surface area contributed by atoms with Gasteiger partial charge in [0.2, 0.25) is 0 Å². The van der Waals surface area contributed by atoms with Crippen LogP contribution in [-0.4, -0.2) is 64.7 Å². The van der Waals surface area contributed by atoms with Crippen LogP contribution in [0.3, 0.4) is 0 Å². The molecule has 1 saturated heterocycles. The molecule has 2 amide bonds. The Balaban J connectivity index is 1.41. The van der Waals surface area contributed by atoms with Gasteiger partial charge < -0.3 is 14.5 Å². The smallest absolute Gasteiger partial charge is 0.264 e. The van der Waals surface area contributed by atoms with Crippen LogP contribution < -0.4 is 4.74 Å². The number of hydrogen-bond acceptors (Lipinski definition) is 5. The SMILES string of the molecule is COc1ccc(C(=O)N2CCN(C(=O)c3cc4c(C)nn(C)c4s3)CC2)cc1. The number of amides is 2. The maximum absolute atomic E-state index is 12.9. The number of fused-ring (bicyclic) bond motifs is 1. The van der Waals surface area contributed by atoms with Gasteiger partial charge in [-0.25, -0.2) is 0 Å². The van der Waals surface area contributed by atoms with Crippen molar-refractivity contribution >= 4 is 33.4 Å². The van der Waals surface area contributed by atoms with Crippen molar-refractivity contribution in [3.8, 4) is 5.75 Å². The summed E-state index contributed by atoms with van der Waals surface area (Å²) in [7, 11) is 3.49. The number of nitrogens with zero attached hydrogens (tertiary/aromatic N) is 4. The zero-order chi connectivity index (χ0) is 19.8. The average Bonchev–Trinajstić information content (AvgIpc) is 3.28. The first kappa shape index (κ1) is 18.5. The molecule has 0 unspecified atom stereocenters. The minimum atomic E-state index is -0.0155. The van der Waals surface area contributed by atoms with E-state index < -0.39 is 0 Å². The Morgan fingerprint density at radius 3 is 2.21 bits per heavy atom. The average molecular weight is 398 g/mol. The van der Waals surface area contributed by atoms with Crippen molar-refractivity contribution in [1.82, 2.24) is 19.6 Å². The Bertz CT molecular complexity index is 995. The molecule has 8 heteroatoms. The second-order valence-electron chi connectivity index (χ2n) is 6.85. The van der Waals surface area contributed by atoms with Crippen LogP contribution in [0.2, 0.25) is 0 Å². The molecule has 0 radical (unpaired) electrons. The lowest BCUT2D eigenvalue weighted by atomic mass is 10.1. The van der Waals surface area contributed by atoms with Crippen molar-refractivity contribution in [3.63, 3.8) is 0 Å². The Kier molecular flexibility index (Phi) is 4.80. The van der Waals surface area contributed by atoms with E-state index in [1.807, 2.05) is 29.6 Å². The van der Waals surface area contributed by atoms with E-state index in [4.69, 9.17) is 4.74 Å². The normalized spacial score (nSPS) is 14.5. The van der Waals surface area contributed by atoms with Crippen molar-refractivity contribution in [1.29, 1.82) is 0 Å². The van der Waals surface area contributed by atoms with Gasteiger partial charge in [-0.2, -0.15) is 5.10 Å². The maximum Gasteiger partial charge on any atom is 0.264 e. The van der Waals surface area contributed by atoms with Crippen molar-refractivity contribution < 1.29 is 14.3 Å². The molecule has 0 saturated carbocycles. The van der Waals surface area contributed by atoms with Crippen LogP contribution in [0.5, 0.6) is 5.75 Å². The first-order chi connectivity index (χ1) is 13.5. The minimum Gasteiger partial charge on any atom is -0.497 e. The van der Waals surface area contributed by atoms with Crippen LogP contribution in [0.4, 0.5) is 0 Å². The van der Waals surface area contributed by atoms with Crippen LogP contribution in [0.25, 0.3) is 10.2 Å². The standard InChI is InChI=1S/C20H22N4O3S/c1-13-16-12-17(28-20(16)22(2)21-13)19(26)24-10-8-23(9-11-24)18(25)14-4-6-15(27-3)7-5-14/h4-7,12H,8-11H2,1-3H3. The van der Waals surface area contributed by atoms with Crippen LogP contribution in [0.15, 0.2) is 30.3 Å². The number of aromatic nitrogens is 2. The number of aryl methyl sites for hydroxylation is 2. The summed E-state index contributed by atoms with van der Waals surface area (Å²) in [6.07, 6.45) is 0. The molecule has 0 bridgehead atoms. The van der Waals surface area contributed by atoms with E-state index in [0.29, 0.717) is 31.7 Å². The summed E-state index contributed by atoms with van der Waals surface area (Å²) in [5, 5.41) is 5.41. The third kappa shape index (κ3) is 3.24. The van der Waals surface area contributed by atoms with E-state index in [-0.39, 0.29) is 11.8 Å². The molecule has 28 heavy (non-hydrogen) atoms. The summed E-state index contributed by atoms with van der Waals surface area (Å²) in [5.41, 5.74) is 1.57. The quantitative estimate of drug-likeness (QED) is 0.680. The number of rotatable bonds is 3. The number of carbonyl (C=O) groups excluding carboxylic acids is 2. The lowest BCUT2D eigenvalue weighted by Gasteiger charge is -2.34. The highest BCUT2D eigenvalue weighted by atomic mass is 32.1. The van der Waals surface area contributed by atoms with Crippen LogP contribution in [0, 0.1) is 6.92 Å². The van der Waals surface area contributed by atoms with E-state index in [0.717, 1.165) is 26.5 Å². The molecule has 1 aliphatic rings. The van der Waals surface area contributed by atoms with E-state index in [1.54, 1.807) is 36.3 Å². The topological polar surface area (TPSA) is 67.7 Å². The van der Waals surface area contributed by atoms with Gasteiger partial charge in [0.15, 0.2) is 0 Å². The predicted octanol–water partition coefficient (Wildman–Crippen LogP) is 2.55. The molecule has 1 aliphatic heterocycles. The number of methoxy groups -OCH3 is 1. The van der Waals surface area contributed by atoms with Crippen LogP contribution >= 0.6 is 11.3 Å². The molecule has 1 fully saturated rings. The second-order valence-corrected chi connectivity index (χ2v) is 7.88. The summed E-state index contributed by atoms with van der Waals surface area (Å²) >= 11 is 1.47. The highest BCUT2D eigenvalue weighted by Gasteiger charge is 2.27. The third-order valence-electron chi connectivity index (χ3n) is 5.10. The number of benzene rings is 1. The zero-order valence-corrected chi connectivity index (χ0v) is 17.0. The van der Waals surface area contributed by atoms with Gasteiger partial charge in [0, 0.05) is 44.2 Å². The van der Waals surface area contributed by atoms with Gasteiger partial charge >= 0.3 is 0 Å².